The number of hydrogen-bond acceptors (Lipinski definition) is 0. The van der Waals surface area contributed by atoms with E-state index in [0.29, 0.717) is 0 Å². The van der Waals surface area contributed by atoms with E-state index in [9.17, 15) is 0 Å². The van der Waals surface area contributed by atoms with Gasteiger partial charge in [-0.2, -0.15) is 0 Å². The molecule has 0 saturated heterocycles. The summed E-state index contributed by atoms with van der Waals surface area (Å²) in [6, 6.07) is 13.7. The topological polar surface area (TPSA) is 0 Å². The van der Waals surface area contributed by atoms with Gasteiger partial charge >= 0.3 is 0 Å². The Morgan fingerprint density at radius 3 is 2.00 bits per heavy atom. The lowest BCUT2D eigenvalue weighted by atomic mass is 9.84. The van der Waals surface area contributed by atoms with E-state index in [1.807, 2.05) is 19.9 Å². The monoisotopic (exact) mass is 322 g/mol. The van der Waals surface area contributed by atoms with Crippen LogP contribution in [-0.2, 0) is 18.3 Å². The van der Waals surface area contributed by atoms with Crippen molar-refractivity contribution in [3.8, 4) is 0 Å². The predicted octanol–water partition coefficient (Wildman–Crippen LogP) is 7.06. The summed E-state index contributed by atoms with van der Waals surface area (Å²) < 4.78 is 0. The van der Waals surface area contributed by atoms with Gasteiger partial charge in [0.05, 0.1) is 0 Å². The Morgan fingerprint density at radius 1 is 0.833 bits per heavy atom. The second kappa shape index (κ2) is 8.87. The molecule has 0 heteroatoms. The highest BCUT2D eigenvalue weighted by Gasteiger charge is 2.14. The van der Waals surface area contributed by atoms with Gasteiger partial charge in [-0.1, -0.05) is 83.7 Å². The molecule has 2 aromatic carbocycles. The zero-order chi connectivity index (χ0) is 18.3. The van der Waals surface area contributed by atoms with Gasteiger partial charge in [0, 0.05) is 0 Å². The van der Waals surface area contributed by atoms with Gasteiger partial charge in [0.2, 0.25) is 0 Å². The van der Waals surface area contributed by atoms with Gasteiger partial charge in [-0.25, -0.2) is 0 Å². The van der Waals surface area contributed by atoms with Crippen LogP contribution in [0.4, 0.5) is 0 Å². The van der Waals surface area contributed by atoms with Crippen molar-refractivity contribution in [2.24, 2.45) is 0 Å². The van der Waals surface area contributed by atoms with E-state index in [1.54, 1.807) is 0 Å². The van der Waals surface area contributed by atoms with Gasteiger partial charge in [-0.15, -0.1) is 0 Å². The van der Waals surface area contributed by atoms with Crippen LogP contribution in [-0.4, -0.2) is 0 Å². The van der Waals surface area contributed by atoms with Gasteiger partial charge < -0.3 is 0 Å². The summed E-state index contributed by atoms with van der Waals surface area (Å²) in [6.45, 7) is 19.1. The van der Waals surface area contributed by atoms with Crippen molar-refractivity contribution in [2.45, 2.75) is 66.7 Å². The zero-order valence-corrected chi connectivity index (χ0v) is 16.7. The van der Waals surface area contributed by atoms with E-state index in [4.69, 9.17) is 0 Å². The van der Waals surface area contributed by atoms with E-state index in [2.05, 4.69) is 77.6 Å². The van der Waals surface area contributed by atoms with Crippen LogP contribution in [0.5, 0.6) is 0 Å². The Hall–Kier alpha value is -1.82. The van der Waals surface area contributed by atoms with E-state index in [0.717, 1.165) is 12.8 Å². The van der Waals surface area contributed by atoms with Crippen molar-refractivity contribution in [3.63, 3.8) is 0 Å². The summed E-state index contributed by atoms with van der Waals surface area (Å²) in [7, 11) is 0. The minimum Gasteiger partial charge on any atom is -0.0985 e. The lowest BCUT2D eigenvalue weighted by Gasteiger charge is -2.21. The summed E-state index contributed by atoms with van der Waals surface area (Å²) in [5, 5.41) is 0. The molecule has 0 radical (unpaired) electrons. The summed E-state index contributed by atoms with van der Waals surface area (Å²) >= 11 is 0. The van der Waals surface area contributed by atoms with Crippen molar-refractivity contribution in [3.05, 3.63) is 76.4 Å². The van der Waals surface area contributed by atoms with E-state index < -0.39 is 0 Å². The number of benzene rings is 2. The first kappa shape index (κ1) is 20.2. The molecule has 0 bridgehead atoms. The van der Waals surface area contributed by atoms with Gasteiger partial charge in [-0.3, -0.25) is 0 Å². The number of aryl methyl sites for hydroxylation is 4. The minimum absolute atomic E-state index is 0.175. The van der Waals surface area contributed by atoms with Gasteiger partial charge in [0.25, 0.3) is 0 Å². The average molecular weight is 323 g/mol. The van der Waals surface area contributed by atoms with Crippen molar-refractivity contribution in [2.75, 3.05) is 0 Å². The third kappa shape index (κ3) is 5.67. The highest BCUT2D eigenvalue weighted by atomic mass is 14.2. The maximum Gasteiger partial charge on any atom is -0.0132 e. The van der Waals surface area contributed by atoms with Crippen LogP contribution in [0.2, 0.25) is 0 Å². The fraction of sp³-hybridized carbons (Fsp3) is 0.417. The molecule has 0 unspecified atom stereocenters. The normalized spacial score (nSPS) is 10.8. The molecule has 0 aromatic heterocycles. The van der Waals surface area contributed by atoms with Crippen LogP contribution in [0.3, 0.4) is 0 Å². The molecule has 0 N–H and O–H groups in total. The van der Waals surface area contributed by atoms with Crippen molar-refractivity contribution < 1.29 is 0 Å². The van der Waals surface area contributed by atoms with Crippen LogP contribution >= 0.6 is 0 Å². The SMILES string of the molecule is C=Cc1cc(CCc2ccc(C)c(C)c2)cc(C(C)(C)C)c1.CC. The zero-order valence-electron chi connectivity index (χ0n) is 16.7. The largest absolute Gasteiger partial charge is 0.0985 e. The minimum atomic E-state index is 0.175. The molecule has 0 heterocycles. The third-order valence-electron chi connectivity index (χ3n) is 4.39. The maximum absolute atomic E-state index is 3.93. The molecule has 0 aliphatic rings. The first-order chi connectivity index (χ1) is 11.3. The molecule has 0 aliphatic carbocycles. The lowest BCUT2D eigenvalue weighted by Crippen LogP contribution is -2.12. The van der Waals surface area contributed by atoms with Crippen LogP contribution in [0.25, 0.3) is 6.08 Å². The molecule has 0 aliphatic heterocycles. The molecule has 2 aromatic rings. The van der Waals surface area contributed by atoms with E-state index >= 15 is 0 Å². The molecule has 24 heavy (non-hydrogen) atoms. The molecule has 0 atom stereocenters. The average Bonchev–Trinajstić information content (AvgIpc) is 2.56. The fourth-order valence-electron chi connectivity index (χ4n) is 2.66. The molecule has 2 rings (SSSR count). The van der Waals surface area contributed by atoms with E-state index in [-0.39, 0.29) is 5.41 Å². The second-order valence-electron chi connectivity index (χ2n) is 7.34. The molecule has 0 spiro atoms. The van der Waals surface area contributed by atoms with Gasteiger partial charge in [0.15, 0.2) is 0 Å². The van der Waals surface area contributed by atoms with Gasteiger partial charge in [-0.05, 0) is 65.5 Å². The Morgan fingerprint density at radius 2 is 1.46 bits per heavy atom. The van der Waals surface area contributed by atoms with Crippen LogP contribution in [0.1, 0.15) is 68.0 Å². The van der Waals surface area contributed by atoms with Crippen LogP contribution in [0, 0.1) is 13.8 Å². The fourth-order valence-corrected chi connectivity index (χ4v) is 2.66. The summed E-state index contributed by atoms with van der Waals surface area (Å²) in [6.07, 6.45) is 4.12. The Kier molecular flexibility index (Phi) is 7.48. The highest BCUT2D eigenvalue weighted by molar-refractivity contribution is 5.51. The van der Waals surface area contributed by atoms with Crippen LogP contribution in [0.15, 0.2) is 43.0 Å². The van der Waals surface area contributed by atoms with Gasteiger partial charge in [0.1, 0.15) is 0 Å². The van der Waals surface area contributed by atoms with Crippen molar-refractivity contribution >= 4 is 6.08 Å². The quantitative estimate of drug-likeness (QED) is 0.565. The molecule has 0 saturated carbocycles. The Labute approximate surface area is 149 Å². The molecule has 0 amide bonds. The van der Waals surface area contributed by atoms with Crippen molar-refractivity contribution in [1.82, 2.24) is 0 Å². The van der Waals surface area contributed by atoms with Crippen LogP contribution < -0.4 is 0 Å². The lowest BCUT2D eigenvalue weighted by molar-refractivity contribution is 0.589. The summed E-state index contributed by atoms with van der Waals surface area (Å²) in [5.41, 5.74) is 8.36. The molecule has 130 valence electrons. The standard InChI is InChI=1S/C22H28.C2H6/c1-7-18-13-20(15-21(14-18)22(4,5)6)11-10-19-9-8-16(2)17(3)12-19;1-2/h7-9,12-15H,1,10-11H2,2-6H3;1-2H3. The molecular weight excluding hydrogens is 288 g/mol. The Balaban J connectivity index is 0.00000139. The molecular formula is C24H34. The van der Waals surface area contributed by atoms with E-state index in [1.165, 1.54) is 33.4 Å². The van der Waals surface area contributed by atoms with Crippen molar-refractivity contribution in [1.29, 1.82) is 0 Å². The predicted molar refractivity (Wildman–Crippen MR) is 110 cm³/mol. The first-order valence-corrected chi connectivity index (χ1v) is 9.12. The summed E-state index contributed by atoms with van der Waals surface area (Å²) in [5.74, 6) is 0. The summed E-state index contributed by atoms with van der Waals surface area (Å²) in [4.78, 5) is 0. The number of hydrogen-bond donors (Lipinski definition) is 0. The molecule has 0 fully saturated rings. The first-order valence-electron chi connectivity index (χ1n) is 9.12. The number of rotatable bonds is 4. The third-order valence-corrected chi connectivity index (χ3v) is 4.39. The molecule has 0 nitrogen and oxygen atoms in total. The Bertz CT molecular complexity index is 669. The maximum atomic E-state index is 3.93. The smallest absolute Gasteiger partial charge is 0.0132 e. The second-order valence-corrected chi connectivity index (χ2v) is 7.34. The highest BCUT2D eigenvalue weighted by Crippen LogP contribution is 2.26.